The average Bonchev–Trinajstić information content (AvgIpc) is 2.78. The van der Waals surface area contributed by atoms with Crippen LogP contribution >= 0.6 is 12.4 Å². The normalized spacial score (nSPS) is 12.8. The maximum atomic E-state index is 13.0. The molecule has 1 aromatic carbocycles. The highest BCUT2D eigenvalue weighted by molar-refractivity contribution is 5.85. The zero-order valence-electron chi connectivity index (χ0n) is 9.32. The topological polar surface area (TPSA) is 28.7 Å². The van der Waals surface area contributed by atoms with Crippen LogP contribution in [0.2, 0.25) is 0 Å². The second-order valence-corrected chi connectivity index (χ2v) is 3.77. The zero-order valence-corrected chi connectivity index (χ0v) is 10.1. The third-order valence-electron chi connectivity index (χ3n) is 2.57. The Balaban J connectivity index is 0.00000162. The van der Waals surface area contributed by atoms with Crippen LogP contribution in [-0.2, 0) is 6.42 Å². The molecule has 1 aromatic heterocycles. The van der Waals surface area contributed by atoms with Crippen molar-refractivity contribution in [1.82, 2.24) is 9.97 Å². The van der Waals surface area contributed by atoms with Crippen LogP contribution in [0.15, 0.2) is 42.9 Å². The minimum atomic E-state index is -4.26. The van der Waals surface area contributed by atoms with Gasteiger partial charge in [-0.2, -0.15) is 13.2 Å². The van der Waals surface area contributed by atoms with E-state index in [9.17, 15) is 13.2 Å². The molecule has 0 fully saturated rings. The summed E-state index contributed by atoms with van der Waals surface area (Å²) < 4.78 is 38.9. The van der Waals surface area contributed by atoms with Crippen molar-refractivity contribution in [2.24, 2.45) is 0 Å². The Morgan fingerprint density at radius 2 is 1.83 bits per heavy atom. The zero-order chi connectivity index (χ0) is 12.3. The number of imidazole rings is 1. The van der Waals surface area contributed by atoms with E-state index in [1.807, 2.05) is 0 Å². The molecule has 0 radical (unpaired) electrons. The van der Waals surface area contributed by atoms with Gasteiger partial charge in [0, 0.05) is 12.6 Å². The van der Waals surface area contributed by atoms with Gasteiger partial charge in [0.25, 0.3) is 0 Å². The average molecular weight is 277 g/mol. The van der Waals surface area contributed by atoms with E-state index in [2.05, 4.69) is 9.97 Å². The highest BCUT2D eigenvalue weighted by Crippen LogP contribution is 2.36. The second kappa shape index (κ2) is 5.91. The van der Waals surface area contributed by atoms with E-state index >= 15 is 0 Å². The van der Waals surface area contributed by atoms with Gasteiger partial charge < -0.3 is 4.98 Å². The summed E-state index contributed by atoms with van der Waals surface area (Å²) in [7, 11) is 0. The van der Waals surface area contributed by atoms with Crippen LogP contribution in [0.1, 0.15) is 17.2 Å². The summed E-state index contributed by atoms with van der Waals surface area (Å²) in [6, 6.07) is 7.90. The molecule has 2 nitrogen and oxygen atoms in total. The molecule has 0 aliphatic rings. The van der Waals surface area contributed by atoms with Crippen LogP contribution in [-0.4, -0.2) is 16.1 Å². The predicted octanol–water partition coefficient (Wildman–Crippen LogP) is 3.72. The van der Waals surface area contributed by atoms with Crippen molar-refractivity contribution in [2.45, 2.75) is 18.5 Å². The molecule has 0 saturated heterocycles. The third-order valence-corrected chi connectivity index (χ3v) is 2.57. The summed E-state index contributed by atoms with van der Waals surface area (Å²) in [5, 5.41) is 0. The number of nitrogens with one attached hydrogen (secondary N) is 1. The quantitative estimate of drug-likeness (QED) is 0.909. The van der Waals surface area contributed by atoms with Gasteiger partial charge in [-0.3, -0.25) is 0 Å². The molecule has 6 heteroatoms. The van der Waals surface area contributed by atoms with Gasteiger partial charge in [-0.1, -0.05) is 30.3 Å². The number of rotatable bonds is 3. The van der Waals surface area contributed by atoms with Crippen LogP contribution in [0.3, 0.4) is 0 Å². The summed E-state index contributed by atoms with van der Waals surface area (Å²) in [4.78, 5) is 6.50. The Labute approximate surface area is 109 Å². The molecule has 2 rings (SSSR count). The molecule has 1 heterocycles. The van der Waals surface area contributed by atoms with Crippen LogP contribution in [0.4, 0.5) is 13.2 Å². The number of nitrogens with zero attached hydrogens (tertiary/aromatic N) is 1. The maximum absolute atomic E-state index is 13.0. The van der Waals surface area contributed by atoms with Gasteiger partial charge in [-0.05, 0) is 5.56 Å². The molecular weight excluding hydrogens is 265 g/mol. The van der Waals surface area contributed by atoms with E-state index in [4.69, 9.17) is 0 Å². The van der Waals surface area contributed by atoms with Crippen LogP contribution in [0, 0.1) is 0 Å². The first-order valence-electron chi connectivity index (χ1n) is 5.16. The number of benzene rings is 1. The van der Waals surface area contributed by atoms with Crippen LogP contribution in [0.25, 0.3) is 0 Å². The monoisotopic (exact) mass is 276 g/mol. The first-order valence-corrected chi connectivity index (χ1v) is 5.16. The molecule has 0 saturated carbocycles. The minimum absolute atomic E-state index is 0. The minimum Gasteiger partial charge on any atom is -0.351 e. The molecule has 0 aliphatic heterocycles. The number of aromatic amines is 1. The van der Waals surface area contributed by atoms with Gasteiger partial charge in [-0.15, -0.1) is 12.4 Å². The molecule has 0 bridgehead atoms. The van der Waals surface area contributed by atoms with Crippen molar-refractivity contribution in [3.63, 3.8) is 0 Å². The SMILES string of the molecule is Cl.FC(F)(F)C(Cc1c[nH]cn1)c1ccccc1. The molecule has 2 aromatic rings. The number of H-pyrrole nitrogens is 1. The number of aromatic nitrogens is 2. The first-order chi connectivity index (χ1) is 8.07. The van der Waals surface area contributed by atoms with Crippen molar-refractivity contribution < 1.29 is 13.2 Å². The van der Waals surface area contributed by atoms with Gasteiger partial charge in [0.2, 0.25) is 0 Å². The van der Waals surface area contributed by atoms with Crippen LogP contribution in [0.5, 0.6) is 0 Å². The molecule has 98 valence electrons. The standard InChI is InChI=1S/C12H11F3N2.ClH/c13-12(14,15)11(6-10-7-16-8-17-10)9-4-2-1-3-5-9;/h1-5,7-8,11H,6H2,(H,16,17);1H. The molecule has 0 aliphatic carbocycles. The van der Waals surface area contributed by atoms with Gasteiger partial charge in [-0.25, -0.2) is 4.98 Å². The first kappa shape index (κ1) is 14.6. The summed E-state index contributed by atoms with van der Waals surface area (Å²) in [5.74, 6) is -1.51. The van der Waals surface area contributed by atoms with Crippen LogP contribution < -0.4 is 0 Å². The van der Waals surface area contributed by atoms with E-state index in [-0.39, 0.29) is 24.4 Å². The molecule has 0 amide bonds. The molecular formula is C12H12ClF3N2. The lowest BCUT2D eigenvalue weighted by Crippen LogP contribution is -2.23. The van der Waals surface area contributed by atoms with E-state index in [1.165, 1.54) is 24.7 Å². The molecule has 0 spiro atoms. The number of hydrogen-bond acceptors (Lipinski definition) is 1. The fourth-order valence-corrected chi connectivity index (χ4v) is 1.72. The summed E-state index contributed by atoms with van der Waals surface area (Å²) >= 11 is 0. The lowest BCUT2D eigenvalue weighted by atomic mass is 9.94. The molecule has 18 heavy (non-hydrogen) atoms. The van der Waals surface area contributed by atoms with Gasteiger partial charge in [0.1, 0.15) is 0 Å². The third kappa shape index (κ3) is 3.50. The maximum Gasteiger partial charge on any atom is 0.396 e. The Bertz CT molecular complexity index is 454. The molecule has 1 atom stereocenters. The summed E-state index contributed by atoms with van der Waals surface area (Å²) in [5.41, 5.74) is 0.680. The molecule has 1 unspecified atom stereocenters. The van der Waals surface area contributed by atoms with Gasteiger partial charge in [0.05, 0.1) is 17.9 Å². The molecule has 1 N–H and O–H groups in total. The smallest absolute Gasteiger partial charge is 0.351 e. The predicted molar refractivity (Wildman–Crippen MR) is 64.8 cm³/mol. The van der Waals surface area contributed by atoms with E-state index in [1.54, 1.807) is 18.2 Å². The number of alkyl halides is 3. The van der Waals surface area contributed by atoms with Gasteiger partial charge >= 0.3 is 6.18 Å². The van der Waals surface area contributed by atoms with Crippen molar-refractivity contribution in [3.05, 3.63) is 54.1 Å². The Hall–Kier alpha value is -1.49. The highest BCUT2D eigenvalue weighted by atomic mass is 35.5. The Morgan fingerprint density at radius 3 is 2.33 bits per heavy atom. The van der Waals surface area contributed by atoms with E-state index in [0.717, 1.165) is 0 Å². The van der Waals surface area contributed by atoms with Crippen molar-refractivity contribution in [1.29, 1.82) is 0 Å². The Kier molecular flexibility index (Phi) is 4.78. The lowest BCUT2D eigenvalue weighted by molar-refractivity contribution is -0.150. The van der Waals surface area contributed by atoms with Gasteiger partial charge in [0.15, 0.2) is 0 Å². The van der Waals surface area contributed by atoms with Crippen molar-refractivity contribution >= 4 is 12.4 Å². The summed E-state index contributed by atoms with van der Waals surface area (Å²) in [6.07, 6.45) is -1.53. The Morgan fingerprint density at radius 1 is 1.17 bits per heavy atom. The number of hydrogen-bond donors (Lipinski definition) is 1. The second-order valence-electron chi connectivity index (χ2n) is 3.77. The number of halogens is 4. The van der Waals surface area contributed by atoms with Crippen molar-refractivity contribution in [3.8, 4) is 0 Å². The van der Waals surface area contributed by atoms with E-state index in [0.29, 0.717) is 5.69 Å². The largest absolute Gasteiger partial charge is 0.396 e. The highest BCUT2D eigenvalue weighted by Gasteiger charge is 2.40. The lowest BCUT2D eigenvalue weighted by Gasteiger charge is -2.19. The fourth-order valence-electron chi connectivity index (χ4n) is 1.72. The summed E-state index contributed by atoms with van der Waals surface area (Å²) in [6.45, 7) is 0. The van der Waals surface area contributed by atoms with Crippen molar-refractivity contribution in [2.75, 3.05) is 0 Å². The van der Waals surface area contributed by atoms with E-state index < -0.39 is 12.1 Å². The fraction of sp³-hybridized carbons (Fsp3) is 0.250.